The number of aliphatic carboxylic acids is 1. The second kappa shape index (κ2) is 8.93. The first-order valence-electron chi connectivity index (χ1n) is 8.10. The Morgan fingerprint density at radius 3 is 2.21 bits per heavy atom. The molecule has 0 amide bonds. The number of carbonyl (C=O) groups excluding carboxylic acids is 1. The molecule has 0 heterocycles. The molecule has 0 unspecified atom stereocenters. The lowest BCUT2D eigenvalue weighted by atomic mass is 10.1. The van der Waals surface area contributed by atoms with E-state index < -0.39 is 44.8 Å². The van der Waals surface area contributed by atoms with Gasteiger partial charge in [0.1, 0.15) is 4.90 Å². The van der Waals surface area contributed by atoms with Crippen molar-refractivity contribution in [2.45, 2.75) is 30.5 Å². The number of halogens is 4. The predicted molar refractivity (Wildman–Crippen MR) is 98.1 cm³/mol. The van der Waals surface area contributed by atoms with Crippen LogP contribution in [0.15, 0.2) is 47.4 Å². The summed E-state index contributed by atoms with van der Waals surface area (Å²) in [5, 5.41) is 8.47. The Balaban J connectivity index is 2.17. The molecule has 0 aliphatic rings. The maximum Gasteiger partial charge on any atom is 0.416 e. The van der Waals surface area contributed by atoms with Crippen LogP contribution in [0, 0.1) is 0 Å². The third-order valence-corrected chi connectivity index (χ3v) is 5.74. The molecule has 0 spiro atoms. The quantitative estimate of drug-likeness (QED) is 0.595. The summed E-state index contributed by atoms with van der Waals surface area (Å²) in [6.45, 7) is -0.298. The van der Waals surface area contributed by atoms with E-state index in [9.17, 15) is 31.2 Å². The van der Waals surface area contributed by atoms with E-state index in [1.54, 1.807) is 0 Å². The molecule has 2 aromatic rings. The van der Waals surface area contributed by atoms with Crippen LogP contribution in [-0.2, 0) is 27.5 Å². The highest BCUT2D eigenvalue weighted by Crippen LogP contribution is 2.29. The minimum Gasteiger partial charge on any atom is -0.481 e. The zero-order valence-electron chi connectivity index (χ0n) is 14.7. The highest BCUT2D eigenvalue weighted by Gasteiger charge is 2.30. The summed E-state index contributed by atoms with van der Waals surface area (Å²) >= 11 is 5.92. The minimum absolute atomic E-state index is 0.0226. The number of alkyl halides is 3. The van der Waals surface area contributed by atoms with Gasteiger partial charge in [-0.05, 0) is 35.9 Å². The van der Waals surface area contributed by atoms with Crippen LogP contribution in [0.2, 0.25) is 5.02 Å². The van der Waals surface area contributed by atoms with Crippen LogP contribution in [0.25, 0.3) is 0 Å². The molecular formula is C18H15ClF3NO5S. The van der Waals surface area contributed by atoms with Crippen LogP contribution in [0.4, 0.5) is 13.2 Å². The lowest BCUT2D eigenvalue weighted by Gasteiger charge is -2.11. The van der Waals surface area contributed by atoms with Crippen LogP contribution in [-0.4, -0.2) is 25.3 Å². The third kappa shape index (κ3) is 6.28. The van der Waals surface area contributed by atoms with E-state index in [1.165, 1.54) is 12.1 Å². The number of hydrogen-bond acceptors (Lipinski definition) is 4. The highest BCUT2D eigenvalue weighted by atomic mass is 35.5. The van der Waals surface area contributed by atoms with E-state index in [0.29, 0.717) is 0 Å². The Bertz CT molecular complexity index is 1020. The first-order chi connectivity index (χ1) is 13.4. The van der Waals surface area contributed by atoms with Crippen LogP contribution in [0.1, 0.15) is 34.3 Å². The van der Waals surface area contributed by atoms with Crippen molar-refractivity contribution in [2.24, 2.45) is 0 Å². The van der Waals surface area contributed by atoms with Crippen LogP contribution < -0.4 is 4.72 Å². The zero-order valence-corrected chi connectivity index (χ0v) is 16.2. The molecule has 2 rings (SSSR count). The van der Waals surface area contributed by atoms with Gasteiger partial charge in [0.05, 0.1) is 17.0 Å². The van der Waals surface area contributed by atoms with Crippen molar-refractivity contribution in [1.29, 1.82) is 0 Å². The van der Waals surface area contributed by atoms with E-state index in [1.807, 2.05) is 0 Å². The van der Waals surface area contributed by atoms with Gasteiger partial charge in [-0.15, -0.1) is 0 Å². The molecule has 11 heteroatoms. The van der Waals surface area contributed by atoms with Gasteiger partial charge in [-0.1, -0.05) is 23.7 Å². The number of carbonyl (C=O) groups is 2. The summed E-state index contributed by atoms with van der Waals surface area (Å²) in [6, 6.07) is 7.44. The fourth-order valence-electron chi connectivity index (χ4n) is 2.32. The summed E-state index contributed by atoms with van der Waals surface area (Å²) in [6.07, 6.45) is -5.22. The highest BCUT2D eigenvalue weighted by molar-refractivity contribution is 7.89. The van der Waals surface area contributed by atoms with Gasteiger partial charge in [-0.3, -0.25) is 9.59 Å². The average molecular weight is 450 g/mol. The first kappa shape index (κ1) is 22.9. The first-order valence-corrected chi connectivity index (χ1v) is 9.96. The average Bonchev–Trinajstić information content (AvgIpc) is 2.64. The van der Waals surface area contributed by atoms with Gasteiger partial charge in [0.2, 0.25) is 10.0 Å². The van der Waals surface area contributed by atoms with E-state index in [2.05, 4.69) is 4.72 Å². The number of rotatable bonds is 8. The lowest BCUT2D eigenvalue weighted by molar-refractivity contribution is -0.138. The van der Waals surface area contributed by atoms with Gasteiger partial charge in [0, 0.05) is 18.5 Å². The summed E-state index contributed by atoms with van der Waals surface area (Å²) in [7, 11) is -4.19. The van der Waals surface area contributed by atoms with Gasteiger partial charge in [-0.25, -0.2) is 13.1 Å². The SMILES string of the molecule is O=C(O)CCC(=O)c1ccc(Cl)c(S(=O)(=O)NCc2ccc(C(F)(F)F)cc2)c1. The molecular weight excluding hydrogens is 435 g/mol. The Morgan fingerprint density at radius 2 is 1.66 bits per heavy atom. The van der Waals surface area contributed by atoms with Crippen molar-refractivity contribution >= 4 is 33.4 Å². The van der Waals surface area contributed by atoms with Gasteiger partial charge >= 0.3 is 12.1 Å². The molecule has 0 fully saturated rings. The number of carboxylic acids is 1. The molecule has 29 heavy (non-hydrogen) atoms. The van der Waals surface area contributed by atoms with Gasteiger partial charge in [0.15, 0.2) is 5.78 Å². The zero-order chi connectivity index (χ0) is 21.8. The van der Waals surface area contributed by atoms with Gasteiger partial charge in [0.25, 0.3) is 0 Å². The standard InChI is InChI=1S/C18H15ClF3NO5S/c19-14-6-3-12(15(24)7-8-17(25)26)9-16(14)29(27,28)23-10-11-1-4-13(5-2-11)18(20,21)22/h1-6,9,23H,7-8,10H2,(H,25,26). The molecule has 0 aliphatic heterocycles. The molecule has 0 saturated carbocycles. The number of hydrogen-bond donors (Lipinski definition) is 2. The number of benzene rings is 2. The minimum atomic E-state index is -4.50. The van der Waals surface area contributed by atoms with Crippen LogP contribution >= 0.6 is 11.6 Å². The Labute approximate surface area is 169 Å². The van der Waals surface area contributed by atoms with Crippen molar-refractivity contribution in [3.63, 3.8) is 0 Å². The molecule has 156 valence electrons. The molecule has 6 nitrogen and oxygen atoms in total. The maximum atomic E-state index is 12.6. The van der Waals surface area contributed by atoms with Crippen LogP contribution in [0.5, 0.6) is 0 Å². The number of nitrogens with one attached hydrogen (secondary N) is 1. The van der Waals surface area contributed by atoms with Gasteiger partial charge < -0.3 is 5.11 Å². The maximum absolute atomic E-state index is 12.6. The normalized spacial score (nSPS) is 12.0. The van der Waals surface area contributed by atoms with Crippen LogP contribution in [0.3, 0.4) is 0 Å². The molecule has 0 aromatic heterocycles. The smallest absolute Gasteiger partial charge is 0.416 e. The van der Waals surface area contributed by atoms with E-state index in [-0.39, 0.29) is 29.1 Å². The summed E-state index contributed by atoms with van der Waals surface area (Å²) < 4.78 is 65.0. The molecule has 0 saturated heterocycles. The number of sulfonamides is 1. The Hall–Kier alpha value is -2.43. The van der Waals surface area contributed by atoms with Crippen molar-refractivity contribution < 1.29 is 36.3 Å². The number of Topliss-reactive ketones (excluding diaryl/α,β-unsaturated/α-hetero) is 1. The Morgan fingerprint density at radius 1 is 1.03 bits per heavy atom. The third-order valence-electron chi connectivity index (χ3n) is 3.86. The monoisotopic (exact) mass is 449 g/mol. The van der Waals surface area contributed by atoms with E-state index in [0.717, 1.165) is 30.3 Å². The van der Waals surface area contributed by atoms with Crippen molar-refractivity contribution in [2.75, 3.05) is 0 Å². The largest absolute Gasteiger partial charge is 0.481 e. The molecule has 0 atom stereocenters. The van der Waals surface area contributed by atoms with Crippen molar-refractivity contribution in [3.05, 3.63) is 64.2 Å². The molecule has 2 aromatic carbocycles. The van der Waals surface area contributed by atoms with E-state index >= 15 is 0 Å². The fraction of sp³-hybridized carbons (Fsp3) is 0.222. The second-order valence-electron chi connectivity index (χ2n) is 5.98. The Kier molecular flexibility index (Phi) is 7.04. The lowest BCUT2D eigenvalue weighted by Crippen LogP contribution is -2.24. The molecule has 2 N–H and O–H groups in total. The molecule has 0 bridgehead atoms. The second-order valence-corrected chi connectivity index (χ2v) is 8.12. The van der Waals surface area contributed by atoms with Gasteiger partial charge in [-0.2, -0.15) is 13.2 Å². The summed E-state index contributed by atoms with van der Waals surface area (Å²) in [5.74, 6) is -1.73. The molecule has 0 aliphatic carbocycles. The molecule has 0 radical (unpaired) electrons. The number of carboxylic acid groups (broad SMARTS) is 1. The topological polar surface area (TPSA) is 101 Å². The van der Waals surface area contributed by atoms with Crippen molar-refractivity contribution in [1.82, 2.24) is 4.72 Å². The van der Waals surface area contributed by atoms with E-state index in [4.69, 9.17) is 16.7 Å². The van der Waals surface area contributed by atoms with Crippen molar-refractivity contribution in [3.8, 4) is 0 Å². The predicted octanol–water partition coefficient (Wildman–Crippen LogP) is 3.88. The number of ketones is 1. The summed E-state index contributed by atoms with van der Waals surface area (Å²) in [4.78, 5) is 22.2. The summed E-state index contributed by atoms with van der Waals surface area (Å²) in [5.41, 5.74) is -0.600. The fourth-order valence-corrected chi connectivity index (χ4v) is 3.86.